The molecule has 3 aromatic rings. The van der Waals surface area contributed by atoms with Gasteiger partial charge in [0, 0.05) is 21.1 Å². The minimum Gasteiger partial charge on any atom is -0.494 e. The Labute approximate surface area is 234 Å². The first-order valence-electron chi connectivity index (χ1n) is 13.8. The summed E-state index contributed by atoms with van der Waals surface area (Å²) in [5, 5.41) is 0. The molecule has 5 rings (SSSR count). The lowest BCUT2D eigenvalue weighted by Crippen LogP contribution is -2.42. The summed E-state index contributed by atoms with van der Waals surface area (Å²) < 4.78 is 40.8. The van der Waals surface area contributed by atoms with E-state index in [0.717, 1.165) is 39.7 Å². The van der Waals surface area contributed by atoms with E-state index in [1.165, 1.54) is 0 Å². The molecule has 2 atom stereocenters. The highest BCUT2D eigenvalue weighted by Gasteiger charge is 2.65. The third-order valence-corrected chi connectivity index (χ3v) is 14.1. The highest BCUT2D eigenvalue weighted by Crippen LogP contribution is 2.71. The van der Waals surface area contributed by atoms with Crippen LogP contribution in [0.25, 0.3) is 0 Å². The van der Waals surface area contributed by atoms with Gasteiger partial charge in [-0.2, -0.15) is 8.42 Å². The largest absolute Gasteiger partial charge is 0.494 e. The average molecular weight is 567 g/mol. The zero-order chi connectivity index (χ0) is 27.7. The van der Waals surface area contributed by atoms with Crippen molar-refractivity contribution in [3.63, 3.8) is 0 Å². The molecule has 3 aromatic carbocycles. The summed E-state index contributed by atoms with van der Waals surface area (Å²) >= 11 is 0. The Morgan fingerprint density at radius 1 is 0.846 bits per heavy atom. The van der Waals surface area contributed by atoms with Crippen molar-refractivity contribution < 1.29 is 21.6 Å². The number of carbonyl (C=O) groups is 1. The second-order valence-corrected chi connectivity index (χ2v) is 15.8. The van der Waals surface area contributed by atoms with E-state index < -0.39 is 25.8 Å². The molecule has 39 heavy (non-hydrogen) atoms. The lowest BCUT2D eigenvalue weighted by molar-refractivity contribution is -0.128. The third kappa shape index (κ3) is 4.94. The molecule has 0 heterocycles. The maximum absolute atomic E-state index is 14.2. The predicted molar refractivity (Wildman–Crippen MR) is 156 cm³/mol. The highest BCUT2D eigenvalue weighted by atomic mass is 32.3. The van der Waals surface area contributed by atoms with Crippen molar-refractivity contribution in [1.29, 1.82) is 0 Å². The fraction of sp³-hybridized carbons (Fsp3) is 0.406. The average Bonchev–Trinajstić information content (AvgIpc) is 3.27. The van der Waals surface area contributed by atoms with Gasteiger partial charge in [0.05, 0.1) is 17.8 Å². The van der Waals surface area contributed by atoms with Crippen LogP contribution >= 0.6 is 10.3 Å². The monoisotopic (exact) mass is 566 g/mol. The van der Waals surface area contributed by atoms with Crippen molar-refractivity contribution >= 4 is 26.2 Å². The molecule has 2 bridgehead atoms. The molecule has 5 nitrogen and oxygen atoms in total. The van der Waals surface area contributed by atoms with Crippen LogP contribution in [0.1, 0.15) is 52.9 Å². The number of Topliss-reactive ketones (excluding diaryl/α,β-unsaturated/α-hetero) is 1. The molecule has 2 fully saturated rings. The van der Waals surface area contributed by atoms with Crippen LogP contribution in [0.2, 0.25) is 0 Å². The molecular formula is C32H38O5S2. The summed E-state index contributed by atoms with van der Waals surface area (Å²) in [5.41, 5.74) is -1.29. The Balaban J connectivity index is 1.62. The van der Waals surface area contributed by atoms with E-state index in [4.69, 9.17) is 8.37 Å². The van der Waals surface area contributed by atoms with Crippen LogP contribution < -0.4 is 4.74 Å². The molecule has 2 aliphatic rings. The predicted octanol–water partition coefficient (Wildman–Crippen LogP) is 7.80. The van der Waals surface area contributed by atoms with Crippen LogP contribution in [-0.4, -0.2) is 26.6 Å². The maximum Gasteiger partial charge on any atom is 0.278 e. The van der Waals surface area contributed by atoms with Crippen molar-refractivity contribution in [3.8, 4) is 5.75 Å². The number of ketones is 1. The zero-order valence-electron chi connectivity index (χ0n) is 23.0. The van der Waals surface area contributed by atoms with E-state index >= 15 is 0 Å². The second-order valence-electron chi connectivity index (χ2n) is 11.3. The Hall–Kier alpha value is -2.61. The van der Waals surface area contributed by atoms with Gasteiger partial charge in [-0.3, -0.25) is 4.79 Å². The van der Waals surface area contributed by atoms with Crippen molar-refractivity contribution in [3.05, 3.63) is 84.9 Å². The molecule has 2 unspecified atom stereocenters. The van der Waals surface area contributed by atoms with Crippen molar-refractivity contribution in [2.45, 2.75) is 67.6 Å². The van der Waals surface area contributed by atoms with Gasteiger partial charge in [-0.15, -0.1) is 0 Å². The summed E-state index contributed by atoms with van der Waals surface area (Å²) in [6.45, 7) is 6.85. The molecule has 2 saturated carbocycles. The second kappa shape index (κ2) is 10.8. The first-order valence-corrected chi connectivity index (χ1v) is 16.9. The summed E-state index contributed by atoms with van der Waals surface area (Å²) in [6.07, 6.45) is 3.93. The fourth-order valence-corrected chi connectivity index (χ4v) is 12.5. The smallest absolute Gasteiger partial charge is 0.278 e. The van der Waals surface area contributed by atoms with Crippen LogP contribution in [-0.2, 0) is 18.5 Å². The number of unbranched alkanes of at least 4 members (excludes halogenated alkanes) is 1. The summed E-state index contributed by atoms with van der Waals surface area (Å²) in [5.74, 6) is 0.721. The Morgan fingerprint density at radius 2 is 1.41 bits per heavy atom. The van der Waals surface area contributed by atoms with E-state index in [1.807, 2.05) is 84.9 Å². The summed E-state index contributed by atoms with van der Waals surface area (Å²) in [4.78, 5) is 15.6. The summed E-state index contributed by atoms with van der Waals surface area (Å²) in [7, 11) is -6.86. The Kier molecular flexibility index (Phi) is 7.70. The Morgan fingerprint density at radius 3 is 1.90 bits per heavy atom. The van der Waals surface area contributed by atoms with E-state index in [1.54, 1.807) is 0 Å². The highest BCUT2D eigenvalue weighted by molar-refractivity contribution is 8.33. The van der Waals surface area contributed by atoms with Crippen molar-refractivity contribution in [2.24, 2.45) is 16.7 Å². The number of hydrogen-bond acceptors (Lipinski definition) is 5. The third-order valence-electron chi connectivity index (χ3n) is 8.84. The quantitative estimate of drug-likeness (QED) is 0.222. The molecule has 0 radical (unpaired) electrons. The topological polar surface area (TPSA) is 69.7 Å². The molecule has 208 valence electrons. The molecule has 7 heteroatoms. The SMILES string of the molecule is CCCCOc1ccc(S(OS(=O)(=O)CC23CCC(CC2=O)C3(C)C)(c2ccccc2)c2ccccc2)cc1. The minimum absolute atomic E-state index is 0.0597. The van der Waals surface area contributed by atoms with Gasteiger partial charge in [-0.05, 0) is 89.4 Å². The number of hydrogen-bond donors (Lipinski definition) is 0. The van der Waals surface area contributed by atoms with E-state index in [2.05, 4.69) is 20.8 Å². The number of carbonyl (C=O) groups excluding carboxylic acids is 1. The van der Waals surface area contributed by atoms with E-state index in [0.29, 0.717) is 19.4 Å². The summed E-state index contributed by atoms with van der Waals surface area (Å²) in [6, 6.07) is 26.8. The van der Waals surface area contributed by atoms with Crippen LogP contribution in [0.5, 0.6) is 5.75 Å². The van der Waals surface area contributed by atoms with Gasteiger partial charge in [0.15, 0.2) is 0 Å². The van der Waals surface area contributed by atoms with Gasteiger partial charge >= 0.3 is 0 Å². The van der Waals surface area contributed by atoms with Crippen LogP contribution in [0.15, 0.2) is 99.6 Å². The number of rotatable bonds is 11. The van der Waals surface area contributed by atoms with Gasteiger partial charge in [-0.25, -0.2) is 3.63 Å². The first kappa shape index (κ1) is 27.9. The van der Waals surface area contributed by atoms with Crippen molar-refractivity contribution in [2.75, 3.05) is 12.4 Å². The van der Waals surface area contributed by atoms with Crippen LogP contribution in [0, 0.1) is 16.7 Å². The first-order chi connectivity index (χ1) is 18.6. The molecule has 0 amide bonds. The molecule has 0 spiro atoms. The van der Waals surface area contributed by atoms with E-state index in [-0.39, 0.29) is 22.9 Å². The van der Waals surface area contributed by atoms with Crippen molar-refractivity contribution in [1.82, 2.24) is 0 Å². The zero-order valence-corrected chi connectivity index (χ0v) is 24.6. The van der Waals surface area contributed by atoms with Gasteiger partial charge in [0.2, 0.25) is 0 Å². The maximum atomic E-state index is 14.2. The number of ether oxygens (including phenoxy) is 1. The number of benzene rings is 3. The minimum atomic E-state index is -4.16. The fourth-order valence-electron chi connectivity index (χ4n) is 6.40. The molecule has 0 saturated heterocycles. The standard InChI is InChI=1S/C32H38O5S2/c1-4-5-22-36-26-16-18-29(19-17-26)39(27-12-8-6-9-13-27,28-14-10-7-11-15-28)37-38(34,35)24-32-21-20-25(23-30(32)33)31(32,2)3/h6-19,25H,4-5,20-24H2,1-3H3. The molecule has 0 N–H and O–H groups in total. The molecule has 0 aliphatic heterocycles. The lowest BCUT2D eigenvalue weighted by atomic mass is 9.70. The van der Waals surface area contributed by atoms with Gasteiger partial charge in [0.25, 0.3) is 10.1 Å². The Bertz CT molecular complexity index is 1360. The molecule has 2 aliphatic carbocycles. The molecular weight excluding hydrogens is 528 g/mol. The lowest BCUT2D eigenvalue weighted by Gasteiger charge is -2.41. The normalized spacial score (nSPS) is 22.6. The molecule has 0 aromatic heterocycles. The van der Waals surface area contributed by atoms with Gasteiger partial charge in [0.1, 0.15) is 11.5 Å². The van der Waals surface area contributed by atoms with Gasteiger partial charge in [-0.1, -0.05) is 63.6 Å². The van der Waals surface area contributed by atoms with E-state index in [9.17, 15) is 13.2 Å². The number of fused-ring (bicyclic) bond motifs is 2. The van der Waals surface area contributed by atoms with Crippen LogP contribution in [0.4, 0.5) is 0 Å². The van der Waals surface area contributed by atoms with Crippen LogP contribution in [0.3, 0.4) is 0 Å². The van der Waals surface area contributed by atoms with Gasteiger partial charge < -0.3 is 4.74 Å².